The molecule has 0 aliphatic heterocycles. The number of para-hydroxylation sites is 1. The highest BCUT2D eigenvalue weighted by Gasteiger charge is 2.30. The molecule has 2 N–H and O–H groups in total. The molecule has 0 spiro atoms. The van der Waals surface area contributed by atoms with Gasteiger partial charge in [0.15, 0.2) is 0 Å². The summed E-state index contributed by atoms with van der Waals surface area (Å²) in [6, 6.07) is 6.68. The molecular weight excluding hydrogens is 316 g/mol. The van der Waals surface area contributed by atoms with Crippen molar-refractivity contribution in [1.82, 2.24) is 9.13 Å². The first-order chi connectivity index (χ1) is 11.3. The van der Waals surface area contributed by atoms with Crippen molar-refractivity contribution < 1.29 is 9.66 Å². The Bertz CT molecular complexity index is 900. The number of methoxy groups -OCH3 is 1. The lowest BCUT2D eigenvalue weighted by atomic mass is 9.91. The summed E-state index contributed by atoms with van der Waals surface area (Å²) in [5.41, 5.74) is 5.15. The number of hydrogen-bond donors (Lipinski definition) is 1. The predicted molar refractivity (Wildman–Crippen MR) is 88.0 cm³/mol. The summed E-state index contributed by atoms with van der Waals surface area (Å²) in [6.45, 7) is -0.558. The molecule has 1 aromatic heterocycles. The molecule has 0 fully saturated rings. The molecule has 0 saturated heterocycles. The summed E-state index contributed by atoms with van der Waals surface area (Å²) in [5, 5.41) is 11.2. The highest BCUT2D eigenvalue weighted by Crippen LogP contribution is 2.32. The Morgan fingerprint density at radius 1 is 1.25 bits per heavy atom. The van der Waals surface area contributed by atoms with Gasteiger partial charge < -0.3 is 10.5 Å². The average Bonchev–Trinajstić information content (AvgIpc) is 2.57. The Hall–Kier alpha value is -3.10. The fraction of sp³-hybridized carbons (Fsp3) is 0.333. The summed E-state index contributed by atoms with van der Waals surface area (Å²) >= 11 is 0. The van der Waals surface area contributed by atoms with E-state index in [-0.39, 0.29) is 11.4 Å². The Morgan fingerprint density at radius 2 is 1.88 bits per heavy atom. The van der Waals surface area contributed by atoms with Crippen molar-refractivity contribution in [2.75, 3.05) is 19.4 Å². The molecule has 0 radical (unpaired) electrons. The van der Waals surface area contributed by atoms with Crippen LogP contribution in [0.15, 0.2) is 33.9 Å². The second-order valence-corrected chi connectivity index (χ2v) is 5.31. The van der Waals surface area contributed by atoms with E-state index in [1.807, 2.05) is 0 Å². The molecule has 128 valence electrons. The summed E-state index contributed by atoms with van der Waals surface area (Å²) < 4.78 is 7.23. The molecule has 24 heavy (non-hydrogen) atoms. The van der Waals surface area contributed by atoms with Crippen molar-refractivity contribution in [3.63, 3.8) is 0 Å². The lowest BCUT2D eigenvalue weighted by molar-refractivity contribution is -0.481. The zero-order chi connectivity index (χ0) is 18.0. The van der Waals surface area contributed by atoms with Gasteiger partial charge in [-0.15, -0.1) is 0 Å². The van der Waals surface area contributed by atoms with Gasteiger partial charge in [0.05, 0.1) is 18.6 Å². The van der Waals surface area contributed by atoms with Gasteiger partial charge in [0.1, 0.15) is 11.6 Å². The molecule has 0 saturated carbocycles. The number of ether oxygens (including phenoxy) is 1. The number of anilines is 1. The Labute approximate surface area is 137 Å². The topological polar surface area (TPSA) is 122 Å². The predicted octanol–water partition coefficient (Wildman–Crippen LogP) is 0.0834. The van der Waals surface area contributed by atoms with Crippen LogP contribution in [0, 0.1) is 10.1 Å². The Balaban J connectivity index is 2.83. The molecule has 9 nitrogen and oxygen atoms in total. The minimum atomic E-state index is -0.943. The molecule has 2 rings (SSSR count). The van der Waals surface area contributed by atoms with Crippen LogP contribution in [0.5, 0.6) is 5.75 Å². The van der Waals surface area contributed by atoms with Crippen molar-refractivity contribution in [2.45, 2.75) is 5.92 Å². The van der Waals surface area contributed by atoms with E-state index in [0.29, 0.717) is 11.3 Å². The molecule has 1 atom stereocenters. The van der Waals surface area contributed by atoms with E-state index in [1.54, 1.807) is 24.3 Å². The molecule has 1 aromatic carbocycles. The largest absolute Gasteiger partial charge is 0.496 e. The molecule has 0 unspecified atom stereocenters. The van der Waals surface area contributed by atoms with Crippen LogP contribution in [-0.2, 0) is 14.1 Å². The third-order valence-electron chi connectivity index (χ3n) is 3.94. The second kappa shape index (κ2) is 6.57. The number of nitrogens with two attached hydrogens (primary N) is 1. The average molecular weight is 334 g/mol. The highest BCUT2D eigenvalue weighted by molar-refractivity contribution is 5.49. The highest BCUT2D eigenvalue weighted by atomic mass is 16.6. The number of benzene rings is 1. The van der Waals surface area contributed by atoms with Crippen molar-refractivity contribution in [3.05, 3.63) is 66.3 Å². The number of aromatic nitrogens is 2. The molecule has 0 amide bonds. The molecular formula is C15H18N4O5. The minimum absolute atomic E-state index is 0.000741. The first-order valence-electron chi connectivity index (χ1n) is 7.09. The fourth-order valence-electron chi connectivity index (χ4n) is 2.66. The number of hydrogen-bond acceptors (Lipinski definition) is 6. The molecule has 2 aromatic rings. The van der Waals surface area contributed by atoms with Crippen molar-refractivity contribution in [2.24, 2.45) is 14.1 Å². The molecule has 0 bridgehead atoms. The minimum Gasteiger partial charge on any atom is -0.496 e. The maximum absolute atomic E-state index is 12.6. The SMILES string of the molecule is COc1ccccc1[C@H](C[N+](=O)[O-])c1c(N)n(C)c(=O)n(C)c1=O. The van der Waals surface area contributed by atoms with Crippen molar-refractivity contribution in [1.29, 1.82) is 0 Å². The van der Waals surface area contributed by atoms with Crippen LogP contribution in [0.3, 0.4) is 0 Å². The second-order valence-electron chi connectivity index (χ2n) is 5.31. The third kappa shape index (κ3) is 2.87. The van der Waals surface area contributed by atoms with Crippen molar-refractivity contribution >= 4 is 5.82 Å². The Kier molecular flexibility index (Phi) is 4.72. The standard InChI is InChI=1S/C15H18N4O5/c1-17-13(16)12(14(20)18(2)15(17)21)10(8-19(22)23)9-6-4-5-7-11(9)24-3/h4-7,10H,8,16H2,1-3H3/t10-/m0/s1. The maximum Gasteiger partial charge on any atom is 0.332 e. The van der Waals surface area contributed by atoms with Gasteiger partial charge in [-0.2, -0.15) is 0 Å². The van der Waals surface area contributed by atoms with E-state index in [1.165, 1.54) is 21.2 Å². The summed E-state index contributed by atoms with van der Waals surface area (Å²) in [6.07, 6.45) is 0. The number of nitrogens with zero attached hydrogens (tertiary/aromatic N) is 3. The van der Waals surface area contributed by atoms with Crippen LogP contribution < -0.4 is 21.7 Å². The van der Waals surface area contributed by atoms with E-state index >= 15 is 0 Å². The maximum atomic E-state index is 12.6. The van der Waals surface area contributed by atoms with Gasteiger partial charge in [0, 0.05) is 24.6 Å². The number of rotatable bonds is 5. The molecule has 9 heteroatoms. The monoisotopic (exact) mass is 334 g/mol. The lowest BCUT2D eigenvalue weighted by Gasteiger charge is -2.19. The summed E-state index contributed by atoms with van der Waals surface area (Å²) in [5.74, 6) is -0.637. The molecule has 1 heterocycles. The fourth-order valence-corrected chi connectivity index (χ4v) is 2.66. The van der Waals surface area contributed by atoms with Gasteiger partial charge >= 0.3 is 5.69 Å². The van der Waals surface area contributed by atoms with Crippen LogP contribution in [0.4, 0.5) is 5.82 Å². The van der Waals surface area contributed by atoms with Crippen molar-refractivity contribution in [3.8, 4) is 5.75 Å². The van der Waals surface area contributed by atoms with Crippen LogP contribution in [0.25, 0.3) is 0 Å². The van der Waals surface area contributed by atoms with Crippen LogP contribution in [0.2, 0.25) is 0 Å². The van der Waals surface area contributed by atoms with Crippen LogP contribution >= 0.6 is 0 Å². The normalized spacial score (nSPS) is 12.0. The van der Waals surface area contributed by atoms with E-state index in [9.17, 15) is 19.7 Å². The van der Waals surface area contributed by atoms with Gasteiger partial charge in [-0.25, -0.2) is 4.79 Å². The zero-order valence-corrected chi connectivity index (χ0v) is 13.6. The van der Waals surface area contributed by atoms with Gasteiger partial charge in [0.25, 0.3) is 5.56 Å². The van der Waals surface area contributed by atoms with E-state index < -0.39 is 28.6 Å². The number of nitrogen functional groups attached to an aromatic ring is 1. The number of nitro groups is 1. The van der Waals surface area contributed by atoms with Crippen LogP contribution in [0.1, 0.15) is 17.0 Å². The quantitative estimate of drug-likeness (QED) is 0.610. The van der Waals surface area contributed by atoms with Gasteiger partial charge in [-0.05, 0) is 6.07 Å². The van der Waals surface area contributed by atoms with Gasteiger partial charge in [0.2, 0.25) is 6.54 Å². The third-order valence-corrected chi connectivity index (χ3v) is 3.94. The first-order valence-corrected chi connectivity index (χ1v) is 7.09. The molecule has 0 aliphatic rings. The lowest BCUT2D eigenvalue weighted by Crippen LogP contribution is -2.42. The van der Waals surface area contributed by atoms with Crippen LogP contribution in [-0.4, -0.2) is 27.7 Å². The van der Waals surface area contributed by atoms with E-state index in [0.717, 1.165) is 9.13 Å². The Morgan fingerprint density at radius 3 is 2.46 bits per heavy atom. The van der Waals surface area contributed by atoms with E-state index in [2.05, 4.69) is 0 Å². The first kappa shape index (κ1) is 17.3. The van der Waals surface area contributed by atoms with Gasteiger partial charge in [-0.1, -0.05) is 18.2 Å². The van der Waals surface area contributed by atoms with E-state index in [4.69, 9.17) is 10.5 Å². The zero-order valence-electron chi connectivity index (χ0n) is 13.6. The molecule has 0 aliphatic carbocycles. The smallest absolute Gasteiger partial charge is 0.332 e. The summed E-state index contributed by atoms with van der Waals surface area (Å²) in [7, 11) is 4.15. The van der Waals surface area contributed by atoms with Gasteiger partial charge in [-0.3, -0.25) is 24.0 Å². The summed E-state index contributed by atoms with van der Waals surface area (Å²) in [4.78, 5) is 35.2.